The maximum Gasteiger partial charge on any atom is 1.00 e. The van der Waals surface area contributed by atoms with Crippen LogP contribution in [-0.4, -0.2) is 71.9 Å². The zero-order valence-corrected chi connectivity index (χ0v) is 25.9. The number of allylic oxidation sites excluding steroid dienone is 2. The van der Waals surface area contributed by atoms with E-state index in [0.717, 1.165) is 0 Å². The molecule has 18 nitrogen and oxygen atoms in total. The third-order valence-corrected chi connectivity index (χ3v) is 10.7. The first-order chi connectivity index (χ1) is 15.7. The van der Waals surface area contributed by atoms with Gasteiger partial charge in [-0.2, -0.15) is 16.8 Å². The predicted molar refractivity (Wildman–Crippen MR) is 113 cm³/mol. The molecular formula is C13H12N6Na2O12S4. The Labute approximate surface area is 254 Å². The van der Waals surface area contributed by atoms with Crippen molar-refractivity contribution in [2.75, 3.05) is 0 Å². The van der Waals surface area contributed by atoms with Crippen molar-refractivity contribution < 1.29 is 111 Å². The summed E-state index contributed by atoms with van der Waals surface area (Å²) in [6.45, 7) is 0. The van der Waals surface area contributed by atoms with Gasteiger partial charge in [0.1, 0.15) is 35.0 Å². The van der Waals surface area contributed by atoms with Crippen LogP contribution < -0.4 is 59.1 Å². The van der Waals surface area contributed by atoms with Gasteiger partial charge in [0.15, 0.2) is 0 Å². The van der Waals surface area contributed by atoms with Gasteiger partial charge in [0.05, 0.1) is 5.25 Å². The second kappa shape index (κ2) is 12.2. The van der Waals surface area contributed by atoms with Crippen LogP contribution in [0.4, 0.5) is 0 Å². The van der Waals surface area contributed by atoms with Gasteiger partial charge in [-0.05, 0) is 23.6 Å². The number of rotatable bonds is 8. The third kappa shape index (κ3) is 7.25. The largest absolute Gasteiger partial charge is 1.00 e. The summed E-state index contributed by atoms with van der Waals surface area (Å²) in [6, 6.07) is 0. The molecule has 0 fully saturated rings. The fraction of sp³-hybridized carbons (Fsp3) is 0.385. The van der Waals surface area contributed by atoms with Gasteiger partial charge in [-0.1, -0.05) is 40.6 Å². The monoisotopic (exact) mass is 618 g/mol. The second-order valence-electron chi connectivity index (χ2n) is 7.10. The summed E-state index contributed by atoms with van der Waals surface area (Å²) in [5.74, 6) is 0. The van der Waals surface area contributed by atoms with E-state index in [1.165, 1.54) is 0 Å². The molecule has 2 aliphatic carbocycles. The predicted octanol–water partition coefficient (Wildman–Crippen LogP) is -6.01. The van der Waals surface area contributed by atoms with Crippen LogP contribution in [-0.2, 0) is 40.5 Å². The summed E-state index contributed by atoms with van der Waals surface area (Å²) in [7, 11) is -23.7. The van der Waals surface area contributed by atoms with Gasteiger partial charge in [-0.25, -0.2) is 16.8 Å². The van der Waals surface area contributed by atoms with Gasteiger partial charge in [-0.3, -0.25) is 9.11 Å². The molecule has 2 rings (SSSR count). The van der Waals surface area contributed by atoms with Crippen LogP contribution in [0.25, 0.3) is 20.9 Å². The molecule has 2 aliphatic rings. The van der Waals surface area contributed by atoms with Crippen LogP contribution in [0.1, 0.15) is 6.42 Å². The van der Waals surface area contributed by atoms with E-state index < -0.39 is 78.3 Å². The zero-order chi connectivity index (χ0) is 27.1. The van der Waals surface area contributed by atoms with Crippen LogP contribution in [0.2, 0.25) is 0 Å². The molecule has 37 heavy (non-hydrogen) atoms. The normalized spacial score (nSPS) is 27.8. The first kappa shape index (κ1) is 36.2. The molecule has 2 N–H and O–H groups in total. The molecule has 0 aromatic heterocycles. The van der Waals surface area contributed by atoms with E-state index in [0.29, 0.717) is 24.3 Å². The Morgan fingerprint density at radius 1 is 0.811 bits per heavy atom. The number of hydrogen-bond acceptors (Lipinski definition) is 12. The van der Waals surface area contributed by atoms with Crippen molar-refractivity contribution in [1.29, 1.82) is 0 Å². The Morgan fingerprint density at radius 2 is 1.22 bits per heavy atom. The van der Waals surface area contributed by atoms with Gasteiger partial charge in [0.2, 0.25) is 0 Å². The van der Waals surface area contributed by atoms with Gasteiger partial charge < -0.3 is 9.11 Å². The third-order valence-electron chi connectivity index (χ3n) is 5.08. The van der Waals surface area contributed by atoms with Crippen molar-refractivity contribution >= 4 is 40.5 Å². The van der Waals surface area contributed by atoms with E-state index in [2.05, 4.69) is 20.1 Å². The maximum absolute atomic E-state index is 12.5. The smallest absolute Gasteiger partial charge is 0.747 e. The molecule has 0 bridgehead atoms. The van der Waals surface area contributed by atoms with Gasteiger partial charge in [0, 0.05) is 21.2 Å². The minimum Gasteiger partial charge on any atom is -0.747 e. The van der Waals surface area contributed by atoms with Crippen molar-refractivity contribution in [3.63, 3.8) is 0 Å². The van der Waals surface area contributed by atoms with E-state index in [9.17, 15) is 51.9 Å². The van der Waals surface area contributed by atoms with Crippen molar-refractivity contribution in [2.45, 2.75) is 26.4 Å². The summed E-state index contributed by atoms with van der Waals surface area (Å²) >= 11 is 0. The van der Waals surface area contributed by atoms with Gasteiger partial charge >= 0.3 is 59.1 Å². The average Bonchev–Trinajstić information content (AvgIpc) is 2.65. The molecule has 0 aromatic carbocycles. The molecule has 0 aliphatic heterocycles. The zero-order valence-electron chi connectivity index (χ0n) is 18.6. The van der Waals surface area contributed by atoms with Crippen LogP contribution in [0.3, 0.4) is 0 Å². The van der Waals surface area contributed by atoms with Crippen LogP contribution in [0.5, 0.6) is 0 Å². The molecule has 0 aromatic rings. The Kier molecular flexibility index (Phi) is 11.9. The van der Waals surface area contributed by atoms with Crippen molar-refractivity contribution in [3.05, 3.63) is 68.7 Å². The first-order valence-corrected chi connectivity index (χ1v) is 14.3. The Hall–Kier alpha value is -0.780. The fourth-order valence-corrected chi connectivity index (χ4v) is 9.21. The molecule has 4 atom stereocenters. The number of nitrogens with zero attached hydrogens (tertiary/aromatic N) is 6. The van der Waals surface area contributed by atoms with E-state index in [1.807, 2.05) is 0 Å². The topological polar surface area (TPSA) is 321 Å². The average molecular weight is 619 g/mol. The van der Waals surface area contributed by atoms with E-state index >= 15 is 0 Å². The fourth-order valence-electron chi connectivity index (χ4n) is 3.73. The summed E-state index contributed by atoms with van der Waals surface area (Å²) in [6.07, 6.45) is 0.165. The van der Waals surface area contributed by atoms with Crippen molar-refractivity contribution in [1.82, 2.24) is 0 Å². The summed E-state index contributed by atoms with van der Waals surface area (Å²) in [5.41, 5.74) is 15.7. The molecule has 4 unspecified atom stereocenters. The number of azide groups is 2. The van der Waals surface area contributed by atoms with Gasteiger partial charge in [-0.15, -0.1) is 0 Å². The minimum absolute atomic E-state index is 0. The van der Waals surface area contributed by atoms with Crippen LogP contribution in [0.15, 0.2) is 58.1 Å². The molecule has 0 saturated carbocycles. The summed E-state index contributed by atoms with van der Waals surface area (Å²) < 4.78 is 135. The standard InChI is InChI=1S/C13H14N6O12S4.2Na/c14-18-16-8-1-3-10(32(20,21)22)12(5-8,34(26,27)28)7-13(35(29,30)31)6-9(17-19-15)2-4-11(13)33(23,24)25;;/h1-6,10-11H,7H2,(H,20,21,22)(H,23,24,25)(H,26,27,28)(H,29,30,31);;/q;2*+1/p-2. The Morgan fingerprint density at radius 3 is 1.54 bits per heavy atom. The maximum atomic E-state index is 12.5. The molecule has 0 spiro atoms. The van der Waals surface area contributed by atoms with E-state index in [4.69, 9.17) is 11.1 Å². The van der Waals surface area contributed by atoms with E-state index in [-0.39, 0.29) is 71.3 Å². The Balaban J connectivity index is 0.00000648. The van der Waals surface area contributed by atoms with Crippen LogP contribution >= 0.6 is 0 Å². The molecule has 0 radical (unpaired) electrons. The molecule has 24 heteroatoms. The van der Waals surface area contributed by atoms with Crippen molar-refractivity contribution in [3.8, 4) is 0 Å². The van der Waals surface area contributed by atoms with Crippen LogP contribution in [0, 0.1) is 0 Å². The molecule has 0 heterocycles. The van der Waals surface area contributed by atoms with E-state index in [1.54, 1.807) is 0 Å². The SMILES string of the molecule is [N-]=[N+]=NC1=CC(CC2(S(=O)(=O)O)C=C(N=[N+]=[N-])C=CC2S(=O)(=O)O)(S(=O)(=O)[O-])C(S(=O)(=O)[O-])C=C1.[Na+].[Na+]. The Bertz CT molecular complexity index is 1490. The minimum atomic E-state index is -6.22. The first-order valence-electron chi connectivity index (χ1n) is 8.51. The summed E-state index contributed by atoms with van der Waals surface area (Å²) in [5, 5.41) is 0.237. The molecule has 0 amide bonds. The quantitative estimate of drug-likeness (QED) is 0.0844. The number of hydrogen-bond donors (Lipinski definition) is 2. The molecule has 0 saturated heterocycles. The summed E-state index contributed by atoms with van der Waals surface area (Å²) in [4.78, 5) is 4.61. The molecule has 192 valence electrons. The van der Waals surface area contributed by atoms with Crippen molar-refractivity contribution in [2.24, 2.45) is 10.2 Å². The second-order valence-corrected chi connectivity index (χ2v) is 13.5. The molecular weight excluding hydrogens is 606 g/mol. The van der Waals surface area contributed by atoms with Gasteiger partial charge in [0.25, 0.3) is 20.2 Å².